The zero-order valence-corrected chi connectivity index (χ0v) is 13.8. The number of ether oxygens (including phenoxy) is 1. The minimum Gasteiger partial charge on any atom is -0.494 e. The van der Waals surface area contributed by atoms with E-state index in [-0.39, 0.29) is 18.2 Å². The van der Waals surface area contributed by atoms with Gasteiger partial charge in [0, 0.05) is 5.69 Å². The van der Waals surface area contributed by atoms with Crippen molar-refractivity contribution in [2.45, 2.75) is 26.3 Å². The number of amides is 2. The highest BCUT2D eigenvalue weighted by molar-refractivity contribution is 6.23. The predicted molar refractivity (Wildman–Crippen MR) is 93.3 cm³/mol. The summed E-state index contributed by atoms with van der Waals surface area (Å²) in [5.41, 5.74) is 2.35. The third-order valence-electron chi connectivity index (χ3n) is 4.01. The van der Waals surface area contributed by atoms with Crippen LogP contribution in [0.15, 0.2) is 48.5 Å². The van der Waals surface area contributed by atoms with Gasteiger partial charge in [0.25, 0.3) is 5.91 Å². The maximum atomic E-state index is 12.7. The molecule has 1 saturated heterocycles. The lowest BCUT2D eigenvalue weighted by Gasteiger charge is -2.18. The molecule has 24 heavy (non-hydrogen) atoms. The van der Waals surface area contributed by atoms with Crippen LogP contribution in [0.5, 0.6) is 5.75 Å². The van der Waals surface area contributed by atoms with Gasteiger partial charge in [0.1, 0.15) is 11.8 Å². The van der Waals surface area contributed by atoms with Gasteiger partial charge in [-0.05, 0) is 49.7 Å². The van der Waals surface area contributed by atoms with Crippen molar-refractivity contribution in [1.82, 2.24) is 0 Å². The molecule has 0 aromatic heterocycles. The first-order chi connectivity index (χ1) is 11.6. The van der Waals surface area contributed by atoms with E-state index in [1.807, 2.05) is 56.3 Å². The summed E-state index contributed by atoms with van der Waals surface area (Å²) in [4.78, 5) is 26.3. The van der Waals surface area contributed by atoms with Gasteiger partial charge in [0.05, 0.1) is 18.7 Å². The van der Waals surface area contributed by atoms with E-state index < -0.39 is 6.04 Å². The Hall–Kier alpha value is -2.82. The first-order valence-electron chi connectivity index (χ1n) is 8.02. The number of hydrogen-bond donors (Lipinski definition) is 1. The average molecular weight is 324 g/mol. The van der Waals surface area contributed by atoms with Crippen LogP contribution in [0.3, 0.4) is 0 Å². The van der Waals surface area contributed by atoms with Gasteiger partial charge < -0.3 is 10.1 Å². The average Bonchev–Trinajstić information content (AvgIpc) is 2.84. The van der Waals surface area contributed by atoms with Crippen molar-refractivity contribution in [3.8, 4) is 5.75 Å². The van der Waals surface area contributed by atoms with Crippen molar-refractivity contribution in [3.05, 3.63) is 54.1 Å². The Morgan fingerprint density at radius 1 is 1.12 bits per heavy atom. The summed E-state index contributed by atoms with van der Waals surface area (Å²) in [6.07, 6.45) is 0.153. The summed E-state index contributed by atoms with van der Waals surface area (Å²) < 4.78 is 5.40. The standard InChI is InChI=1S/C19H20N2O3/c1-3-24-15-10-8-14(9-11-15)20-16-12-18(22)21(19(16)23)17-7-5-4-6-13(17)2/h4-11,16,20H,3,12H2,1-2H3/t16-/m0/s1. The Balaban J connectivity index is 1.75. The molecule has 5 nitrogen and oxygen atoms in total. The van der Waals surface area contributed by atoms with Gasteiger partial charge in [-0.1, -0.05) is 18.2 Å². The third-order valence-corrected chi connectivity index (χ3v) is 4.01. The SMILES string of the molecule is CCOc1ccc(N[C@H]2CC(=O)N(c3ccccc3C)C2=O)cc1. The number of hydrogen-bond acceptors (Lipinski definition) is 4. The van der Waals surface area contributed by atoms with Crippen LogP contribution in [0.2, 0.25) is 0 Å². The molecule has 2 aromatic rings. The van der Waals surface area contributed by atoms with Gasteiger partial charge in [-0.2, -0.15) is 0 Å². The monoisotopic (exact) mass is 324 g/mol. The number of benzene rings is 2. The summed E-state index contributed by atoms with van der Waals surface area (Å²) in [6, 6.07) is 14.2. The minimum absolute atomic E-state index is 0.153. The van der Waals surface area contributed by atoms with Crippen molar-refractivity contribution in [2.75, 3.05) is 16.8 Å². The molecule has 2 amide bonds. The number of rotatable bonds is 5. The zero-order chi connectivity index (χ0) is 17.1. The van der Waals surface area contributed by atoms with Crippen molar-refractivity contribution in [2.24, 2.45) is 0 Å². The fourth-order valence-electron chi connectivity index (χ4n) is 2.83. The first-order valence-corrected chi connectivity index (χ1v) is 8.02. The van der Waals surface area contributed by atoms with Crippen molar-refractivity contribution < 1.29 is 14.3 Å². The number of aryl methyl sites for hydroxylation is 1. The minimum atomic E-state index is -0.546. The van der Waals surface area contributed by atoms with Gasteiger partial charge in [-0.15, -0.1) is 0 Å². The third kappa shape index (κ3) is 3.11. The summed E-state index contributed by atoms with van der Waals surface area (Å²) in [5.74, 6) is 0.374. The second kappa shape index (κ2) is 6.74. The van der Waals surface area contributed by atoms with Gasteiger partial charge in [-0.25, -0.2) is 4.90 Å². The van der Waals surface area contributed by atoms with Gasteiger partial charge >= 0.3 is 0 Å². The summed E-state index contributed by atoms with van der Waals surface area (Å²) in [6.45, 7) is 4.42. The molecular weight excluding hydrogens is 304 g/mol. The molecular formula is C19H20N2O3. The lowest BCUT2D eigenvalue weighted by atomic mass is 10.2. The Bertz CT molecular complexity index is 755. The van der Waals surface area contributed by atoms with Gasteiger partial charge in [0.2, 0.25) is 5.91 Å². The number of anilines is 2. The molecule has 0 saturated carbocycles. The topological polar surface area (TPSA) is 58.6 Å². The number of nitrogens with one attached hydrogen (secondary N) is 1. The molecule has 0 spiro atoms. The van der Waals surface area contributed by atoms with Crippen molar-refractivity contribution >= 4 is 23.2 Å². The lowest BCUT2D eigenvalue weighted by molar-refractivity contribution is -0.121. The number of nitrogens with zero attached hydrogens (tertiary/aromatic N) is 1. The summed E-state index contributed by atoms with van der Waals surface area (Å²) >= 11 is 0. The molecule has 1 heterocycles. The molecule has 1 aliphatic heterocycles. The largest absolute Gasteiger partial charge is 0.494 e. The quantitative estimate of drug-likeness (QED) is 0.859. The van der Waals surface area contributed by atoms with Crippen molar-refractivity contribution in [1.29, 1.82) is 0 Å². The highest BCUT2D eigenvalue weighted by atomic mass is 16.5. The molecule has 0 radical (unpaired) electrons. The number of imide groups is 1. The van der Waals surface area contributed by atoms with E-state index in [0.29, 0.717) is 12.3 Å². The Morgan fingerprint density at radius 3 is 2.50 bits per heavy atom. The molecule has 0 bridgehead atoms. The first kappa shape index (κ1) is 16.1. The molecule has 3 rings (SSSR count). The van der Waals surface area contributed by atoms with E-state index in [4.69, 9.17) is 4.74 Å². The van der Waals surface area contributed by atoms with Gasteiger partial charge in [-0.3, -0.25) is 9.59 Å². The maximum absolute atomic E-state index is 12.7. The van der Waals surface area contributed by atoms with Crippen LogP contribution in [0.4, 0.5) is 11.4 Å². The highest BCUT2D eigenvalue weighted by Gasteiger charge is 2.40. The molecule has 2 aromatic carbocycles. The molecule has 5 heteroatoms. The number of carbonyl (C=O) groups excluding carboxylic acids is 2. The van der Waals surface area contributed by atoms with Gasteiger partial charge in [0.15, 0.2) is 0 Å². The van der Waals surface area contributed by atoms with E-state index >= 15 is 0 Å². The molecule has 1 N–H and O–H groups in total. The van der Waals surface area contributed by atoms with Crippen LogP contribution in [-0.4, -0.2) is 24.5 Å². The maximum Gasteiger partial charge on any atom is 0.256 e. The molecule has 124 valence electrons. The molecule has 1 fully saturated rings. The Labute approximate surface area is 141 Å². The Kier molecular flexibility index (Phi) is 4.51. The van der Waals surface area contributed by atoms with E-state index in [1.165, 1.54) is 4.90 Å². The molecule has 1 atom stereocenters. The zero-order valence-electron chi connectivity index (χ0n) is 13.8. The smallest absolute Gasteiger partial charge is 0.256 e. The second-order valence-electron chi connectivity index (χ2n) is 5.71. The molecule has 0 unspecified atom stereocenters. The summed E-state index contributed by atoms with van der Waals surface area (Å²) in [5, 5.41) is 3.14. The second-order valence-corrected chi connectivity index (χ2v) is 5.71. The van der Waals surface area contributed by atoms with Crippen LogP contribution in [0.1, 0.15) is 18.9 Å². The van der Waals surface area contributed by atoms with Crippen LogP contribution in [0, 0.1) is 6.92 Å². The van der Waals surface area contributed by atoms with Crippen LogP contribution in [0.25, 0.3) is 0 Å². The fourth-order valence-corrected chi connectivity index (χ4v) is 2.83. The number of carbonyl (C=O) groups is 2. The van der Waals surface area contributed by atoms with E-state index in [9.17, 15) is 9.59 Å². The normalized spacial score (nSPS) is 17.2. The molecule has 1 aliphatic rings. The van der Waals surface area contributed by atoms with E-state index in [1.54, 1.807) is 6.07 Å². The number of para-hydroxylation sites is 1. The fraction of sp³-hybridized carbons (Fsp3) is 0.263. The highest BCUT2D eigenvalue weighted by Crippen LogP contribution is 2.27. The molecule has 0 aliphatic carbocycles. The van der Waals surface area contributed by atoms with Crippen LogP contribution < -0.4 is 15.0 Å². The predicted octanol–water partition coefficient (Wildman–Crippen LogP) is 3.14. The van der Waals surface area contributed by atoms with Crippen LogP contribution in [-0.2, 0) is 9.59 Å². The summed E-state index contributed by atoms with van der Waals surface area (Å²) in [7, 11) is 0. The Morgan fingerprint density at radius 2 is 1.83 bits per heavy atom. The van der Waals surface area contributed by atoms with E-state index in [2.05, 4.69) is 5.32 Å². The van der Waals surface area contributed by atoms with Crippen molar-refractivity contribution in [3.63, 3.8) is 0 Å². The van der Waals surface area contributed by atoms with Crippen LogP contribution >= 0.6 is 0 Å². The van der Waals surface area contributed by atoms with E-state index in [0.717, 1.165) is 17.0 Å². The lowest BCUT2D eigenvalue weighted by Crippen LogP contribution is -2.35.